The minimum atomic E-state index is -4.54. The van der Waals surface area contributed by atoms with Crippen molar-refractivity contribution in [1.29, 1.82) is 0 Å². The van der Waals surface area contributed by atoms with Crippen molar-refractivity contribution in [2.75, 3.05) is 54.1 Å². The molecule has 0 saturated heterocycles. The van der Waals surface area contributed by atoms with Gasteiger partial charge in [-0.3, -0.25) is 9.36 Å². The van der Waals surface area contributed by atoms with Gasteiger partial charge in [0.05, 0.1) is 34.4 Å². The molecule has 0 N–H and O–H groups in total. The Morgan fingerprint density at radius 3 is 1.45 bits per heavy atom. The molecule has 60 heavy (non-hydrogen) atoms. The Hall–Kier alpha value is -2.06. The molecule has 9 heteroatoms. The molecule has 0 saturated carbocycles. The van der Waals surface area contributed by atoms with Crippen LogP contribution < -0.4 is 4.89 Å². The maximum Gasteiger partial charge on any atom is 0.306 e. The lowest BCUT2D eigenvalue weighted by atomic mass is 10.1. The Kier molecular flexibility index (Phi) is 42.1. The van der Waals surface area contributed by atoms with Gasteiger partial charge in [0.15, 0.2) is 0 Å². The molecule has 0 fully saturated rings. The summed E-state index contributed by atoms with van der Waals surface area (Å²) in [5.41, 5.74) is 0. The lowest BCUT2D eigenvalue weighted by Crippen LogP contribution is -2.37. The number of likely N-dealkylation sites (N-methyl/N-ethyl adjacent to an activating group) is 1. The van der Waals surface area contributed by atoms with E-state index in [4.69, 9.17) is 18.5 Å². The quantitative estimate of drug-likeness (QED) is 0.0198. The Balaban J connectivity index is 4.21. The Morgan fingerprint density at radius 1 is 0.533 bits per heavy atom. The highest BCUT2D eigenvalue weighted by molar-refractivity contribution is 7.45. The van der Waals surface area contributed by atoms with Crippen LogP contribution in [0.4, 0.5) is 0 Å². The molecule has 0 aromatic heterocycles. The predicted molar refractivity (Wildman–Crippen MR) is 254 cm³/mol. The molecule has 2 unspecified atom stereocenters. The zero-order chi connectivity index (χ0) is 44.1. The Morgan fingerprint density at radius 2 is 0.967 bits per heavy atom. The molecular weight excluding hydrogens is 770 g/mol. The number of carbonyl (C=O) groups excluding carboxylic acids is 1. The number of esters is 1. The van der Waals surface area contributed by atoms with Crippen molar-refractivity contribution >= 4 is 13.8 Å². The van der Waals surface area contributed by atoms with E-state index < -0.39 is 13.9 Å². The maximum atomic E-state index is 12.7. The molecule has 0 bridgehead atoms. The summed E-state index contributed by atoms with van der Waals surface area (Å²) < 4.78 is 34.7. The summed E-state index contributed by atoms with van der Waals surface area (Å²) in [5.74, 6) is -0.352. The molecule has 0 heterocycles. The molecule has 0 radical (unpaired) electrons. The van der Waals surface area contributed by atoms with Gasteiger partial charge in [0.1, 0.15) is 19.3 Å². The molecule has 0 spiro atoms. The van der Waals surface area contributed by atoms with E-state index in [2.05, 4.69) is 86.8 Å². The van der Waals surface area contributed by atoms with Crippen molar-refractivity contribution in [3.63, 3.8) is 0 Å². The van der Waals surface area contributed by atoms with Crippen LogP contribution in [0, 0.1) is 0 Å². The number of hydrogen-bond acceptors (Lipinski definition) is 7. The number of allylic oxidation sites excluding steroid dienone is 12. The van der Waals surface area contributed by atoms with E-state index in [1.165, 1.54) is 83.5 Å². The number of rotatable bonds is 44. The van der Waals surface area contributed by atoms with Gasteiger partial charge >= 0.3 is 5.97 Å². The summed E-state index contributed by atoms with van der Waals surface area (Å²) in [4.78, 5) is 25.1. The van der Waals surface area contributed by atoms with E-state index >= 15 is 0 Å². The van der Waals surface area contributed by atoms with E-state index in [-0.39, 0.29) is 25.8 Å². The van der Waals surface area contributed by atoms with Gasteiger partial charge in [-0.25, -0.2) is 0 Å². The van der Waals surface area contributed by atoms with Crippen LogP contribution in [0.1, 0.15) is 187 Å². The average Bonchev–Trinajstić information content (AvgIpc) is 3.20. The Labute approximate surface area is 370 Å². The third-order valence-corrected chi connectivity index (χ3v) is 11.0. The average molecular weight is 862 g/mol. The second-order valence-electron chi connectivity index (χ2n) is 17.1. The number of phosphoric acid groups is 1. The van der Waals surface area contributed by atoms with Crippen molar-refractivity contribution in [2.45, 2.75) is 193 Å². The van der Waals surface area contributed by atoms with E-state index in [1.54, 1.807) is 0 Å². The lowest BCUT2D eigenvalue weighted by Gasteiger charge is -2.28. The van der Waals surface area contributed by atoms with Crippen LogP contribution in [0.3, 0.4) is 0 Å². The van der Waals surface area contributed by atoms with Gasteiger partial charge in [-0.2, -0.15) is 0 Å². The summed E-state index contributed by atoms with van der Waals surface area (Å²) in [6.45, 7) is 5.24. The zero-order valence-electron chi connectivity index (χ0n) is 39.4. The third-order valence-electron chi connectivity index (χ3n) is 9.99. The largest absolute Gasteiger partial charge is 0.756 e. The third kappa shape index (κ3) is 47.0. The predicted octanol–water partition coefficient (Wildman–Crippen LogP) is 14.0. The summed E-state index contributed by atoms with van der Waals surface area (Å²) in [5, 5.41) is 0. The highest BCUT2D eigenvalue weighted by Crippen LogP contribution is 2.38. The number of phosphoric ester groups is 1. The van der Waals surface area contributed by atoms with Crippen molar-refractivity contribution in [2.24, 2.45) is 0 Å². The minimum Gasteiger partial charge on any atom is -0.756 e. The van der Waals surface area contributed by atoms with Gasteiger partial charge in [0, 0.05) is 13.0 Å². The van der Waals surface area contributed by atoms with Crippen LogP contribution in [0.5, 0.6) is 0 Å². The molecular formula is C51H92NO7P. The maximum absolute atomic E-state index is 12.7. The van der Waals surface area contributed by atoms with E-state index in [9.17, 15) is 14.3 Å². The Bertz CT molecular complexity index is 1190. The zero-order valence-corrected chi connectivity index (χ0v) is 40.3. The van der Waals surface area contributed by atoms with Crippen LogP contribution in [-0.2, 0) is 27.9 Å². The molecule has 0 rings (SSSR count). The van der Waals surface area contributed by atoms with Crippen LogP contribution in [0.15, 0.2) is 72.9 Å². The molecule has 0 aliphatic rings. The van der Waals surface area contributed by atoms with Crippen molar-refractivity contribution in [1.82, 2.24) is 0 Å². The molecule has 0 aliphatic heterocycles. The van der Waals surface area contributed by atoms with E-state index in [0.29, 0.717) is 24.1 Å². The normalized spacial score (nSPS) is 14.3. The van der Waals surface area contributed by atoms with E-state index in [0.717, 1.165) is 83.5 Å². The molecule has 2 atom stereocenters. The number of nitrogens with zero attached hydrogens (tertiary/aromatic N) is 1. The second kappa shape index (κ2) is 43.6. The topological polar surface area (TPSA) is 94.1 Å². The van der Waals surface area contributed by atoms with Gasteiger partial charge in [-0.05, 0) is 83.5 Å². The molecule has 348 valence electrons. The monoisotopic (exact) mass is 862 g/mol. The highest BCUT2D eigenvalue weighted by atomic mass is 31.2. The molecule has 0 amide bonds. The fourth-order valence-electron chi connectivity index (χ4n) is 6.27. The summed E-state index contributed by atoms with van der Waals surface area (Å²) >= 11 is 0. The first-order valence-electron chi connectivity index (χ1n) is 24.2. The summed E-state index contributed by atoms with van der Waals surface area (Å²) in [7, 11) is 1.33. The molecule has 0 aromatic carbocycles. The molecule has 0 aromatic rings. The van der Waals surface area contributed by atoms with Crippen molar-refractivity contribution in [3.8, 4) is 0 Å². The lowest BCUT2D eigenvalue weighted by molar-refractivity contribution is -0.870. The van der Waals surface area contributed by atoms with Gasteiger partial charge in [-0.15, -0.1) is 0 Å². The van der Waals surface area contributed by atoms with Crippen molar-refractivity contribution < 1.29 is 37.3 Å². The standard InChI is InChI=1S/C51H92NO7P/c1-6-8-10-12-14-16-18-20-22-24-25-26-27-28-29-31-33-35-37-39-41-43-46-56-48-50(49-58-60(54,55)57-47-45-52(3,4)5)59-51(53)44-42-40-38-36-34-32-30-23-21-19-17-15-13-11-9-7-2/h8,10,14,16-17,19-20,22-23,25-26,30,50H,6-7,9,11-13,15,18,21,24,27-29,31-49H2,1-5H3/b10-8-,16-14-,19-17-,22-20-,26-25-,30-23-. The number of hydrogen-bond donors (Lipinski definition) is 0. The molecule has 8 nitrogen and oxygen atoms in total. The summed E-state index contributed by atoms with van der Waals surface area (Å²) in [6, 6.07) is 0. The van der Waals surface area contributed by atoms with Crippen LogP contribution in [0.25, 0.3) is 0 Å². The number of carbonyl (C=O) groups is 1. The minimum absolute atomic E-state index is 0.0186. The van der Waals surface area contributed by atoms with Crippen LogP contribution in [0.2, 0.25) is 0 Å². The number of unbranched alkanes of at least 4 members (excludes halogenated alkanes) is 18. The first-order valence-corrected chi connectivity index (χ1v) is 25.6. The second-order valence-corrected chi connectivity index (χ2v) is 18.5. The first kappa shape index (κ1) is 57.9. The number of ether oxygens (including phenoxy) is 2. The fraction of sp³-hybridized carbons (Fsp3) is 0.745. The smallest absolute Gasteiger partial charge is 0.306 e. The van der Waals surface area contributed by atoms with E-state index in [1.807, 2.05) is 21.1 Å². The highest BCUT2D eigenvalue weighted by Gasteiger charge is 2.20. The fourth-order valence-corrected chi connectivity index (χ4v) is 7.00. The van der Waals surface area contributed by atoms with Gasteiger partial charge in [-0.1, -0.05) is 170 Å². The summed E-state index contributed by atoms with van der Waals surface area (Å²) in [6.07, 6.45) is 56.3. The van der Waals surface area contributed by atoms with Gasteiger partial charge < -0.3 is 27.9 Å². The van der Waals surface area contributed by atoms with Crippen LogP contribution >= 0.6 is 7.82 Å². The van der Waals surface area contributed by atoms with Gasteiger partial charge in [0.2, 0.25) is 0 Å². The number of quaternary nitrogens is 1. The SMILES string of the molecule is CC/C=C\C/C=C\C/C=C\C/C=C\CCCCCCCCCCCOCC(COP(=O)([O-])OCC[N+](C)(C)C)OC(=O)CCCCCCC/C=C\C/C=C\CCCCCC. The molecule has 0 aliphatic carbocycles. The van der Waals surface area contributed by atoms with Gasteiger partial charge in [0.25, 0.3) is 7.82 Å². The first-order chi connectivity index (χ1) is 29.1. The van der Waals surface area contributed by atoms with Crippen LogP contribution in [-0.4, -0.2) is 70.7 Å². The van der Waals surface area contributed by atoms with Crippen molar-refractivity contribution in [3.05, 3.63) is 72.9 Å².